The second-order valence-electron chi connectivity index (χ2n) is 7.75. The first-order chi connectivity index (χ1) is 15.0. The fourth-order valence-electron chi connectivity index (χ4n) is 4.06. The van der Waals surface area contributed by atoms with Crippen LogP contribution >= 0.6 is 0 Å². The molecule has 1 amide bonds. The molecule has 1 aliphatic heterocycles. The van der Waals surface area contributed by atoms with Crippen molar-refractivity contribution in [3.63, 3.8) is 0 Å². The zero-order valence-corrected chi connectivity index (χ0v) is 17.4. The van der Waals surface area contributed by atoms with Crippen molar-refractivity contribution in [2.75, 3.05) is 37.6 Å². The van der Waals surface area contributed by atoms with E-state index >= 15 is 0 Å². The number of anilines is 1. The summed E-state index contributed by atoms with van der Waals surface area (Å²) in [5.41, 5.74) is 2.11. The number of nitrogens with one attached hydrogen (secondary N) is 1. The van der Waals surface area contributed by atoms with Crippen LogP contribution in [-0.4, -0.2) is 53.4 Å². The number of carbonyl (C=O) groups excluding carboxylic acids is 1. The fraction of sp³-hybridized carbons (Fsp3) is 0.304. The first-order valence-corrected chi connectivity index (χ1v) is 10.4. The molecule has 1 fully saturated rings. The standard InChI is InChI=1S/C23H25N5O3/c1-17(18-5-3-2-4-6-18)25-23(29)16-26-11-13-27(14-12-26)21-7-8-22(28(30)31)20-15-24-10-9-19(20)21/h2-10,15,17H,11-14,16H2,1H3,(H,25,29)/t17-/m0/s1. The highest BCUT2D eigenvalue weighted by molar-refractivity contribution is 5.99. The summed E-state index contributed by atoms with van der Waals surface area (Å²) in [6, 6.07) is 15.1. The number of fused-ring (bicyclic) bond motifs is 1. The molecule has 0 unspecified atom stereocenters. The van der Waals surface area contributed by atoms with Crippen LogP contribution in [-0.2, 0) is 4.79 Å². The fourth-order valence-corrected chi connectivity index (χ4v) is 4.06. The highest BCUT2D eigenvalue weighted by atomic mass is 16.6. The highest BCUT2D eigenvalue weighted by Crippen LogP contribution is 2.33. The van der Waals surface area contributed by atoms with Gasteiger partial charge < -0.3 is 10.2 Å². The first kappa shape index (κ1) is 20.7. The number of hydrogen-bond acceptors (Lipinski definition) is 6. The van der Waals surface area contributed by atoms with Crippen LogP contribution < -0.4 is 10.2 Å². The van der Waals surface area contributed by atoms with Gasteiger partial charge in [-0.1, -0.05) is 30.3 Å². The van der Waals surface area contributed by atoms with Crippen LogP contribution in [0.5, 0.6) is 0 Å². The molecule has 8 nitrogen and oxygen atoms in total. The molecule has 0 saturated carbocycles. The molecule has 4 rings (SSSR count). The molecule has 160 valence electrons. The van der Waals surface area contributed by atoms with Crippen molar-refractivity contribution in [2.45, 2.75) is 13.0 Å². The van der Waals surface area contributed by atoms with E-state index in [0.29, 0.717) is 11.9 Å². The predicted octanol–water partition coefficient (Wildman–Crippen LogP) is 3.14. The minimum Gasteiger partial charge on any atom is -0.368 e. The molecule has 0 bridgehead atoms. The monoisotopic (exact) mass is 419 g/mol. The molecule has 1 aliphatic rings. The predicted molar refractivity (Wildman–Crippen MR) is 120 cm³/mol. The average molecular weight is 419 g/mol. The zero-order valence-electron chi connectivity index (χ0n) is 17.4. The molecule has 0 spiro atoms. The number of pyridine rings is 1. The Morgan fingerprint density at radius 2 is 1.84 bits per heavy atom. The lowest BCUT2D eigenvalue weighted by molar-refractivity contribution is -0.383. The van der Waals surface area contributed by atoms with Crippen molar-refractivity contribution in [1.82, 2.24) is 15.2 Å². The van der Waals surface area contributed by atoms with E-state index in [-0.39, 0.29) is 22.6 Å². The molecule has 2 heterocycles. The van der Waals surface area contributed by atoms with E-state index in [1.807, 2.05) is 49.4 Å². The number of piperazine rings is 1. The van der Waals surface area contributed by atoms with Crippen molar-refractivity contribution in [3.8, 4) is 0 Å². The van der Waals surface area contributed by atoms with Crippen molar-refractivity contribution >= 4 is 28.1 Å². The van der Waals surface area contributed by atoms with E-state index in [9.17, 15) is 14.9 Å². The van der Waals surface area contributed by atoms with Crippen molar-refractivity contribution < 1.29 is 9.72 Å². The second kappa shape index (κ2) is 9.09. The zero-order chi connectivity index (χ0) is 21.8. The molecule has 1 N–H and O–H groups in total. The third-order valence-corrected chi connectivity index (χ3v) is 5.73. The molecule has 0 aliphatic carbocycles. The molecule has 1 saturated heterocycles. The Balaban J connectivity index is 1.37. The molecule has 8 heteroatoms. The molecular formula is C23H25N5O3. The van der Waals surface area contributed by atoms with E-state index in [4.69, 9.17) is 0 Å². The van der Waals surface area contributed by atoms with Gasteiger partial charge in [-0.3, -0.25) is 24.8 Å². The molecule has 0 radical (unpaired) electrons. The lowest BCUT2D eigenvalue weighted by atomic mass is 10.1. The minimum absolute atomic E-state index is 0.0108. The molecule has 31 heavy (non-hydrogen) atoms. The Morgan fingerprint density at radius 1 is 1.10 bits per heavy atom. The van der Waals surface area contributed by atoms with E-state index in [0.717, 1.165) is 42.8 Å². The molecule has 1 aromatic heterocycles. The van der Waals surface area contributed by atoms with E-state index in [1.165, 1.54) is 0 Å². The van der Waals surface area contributed by atoms with Crippen molar-refractivity contribution in [3.05, 3.63) is 76.6 Å². The maximum Gasteiger partial charge on any atom is 0.278 e. The normalized spacial score (nSPS) is 15.6. The number of non-ortho nitro benzene ring substituents is 1. The topological polar surface area (TPSA) is 91.6 Å². The number of carbonyl (C=O) groups is 1. The van der Waals surface area contributed by atoms with Gasteiger partial charge in [-0.05, 0) is 24.6 Å². The van der Waals surface area contributed by atoms with Gasteiger partial charge >= 0.3 is 0 Å². The van der Waals surface area contributed by atoms with Crippen LogP contribution in [0.25, 0.3) is 10.8 Å². The second-order valence-corrected chi connectivity index (χ2v) is 7.75. The Kier molecular flexibility index (Phi) is 6.08. The Labute approximate surface area is 180 Å². The number of benzene rings is 2. The number of nitro benzene ring substituents is 1. The summed E-state index contributed by atoms with van der Waals surface area (Å²) in [5.74, 6) is 0.0108. The summed E-state index contributed by atoms with van der Waals surface area (Å²) in [5, 5.41) is 15.8. The van der Waals surface area contributed by atoms with Gasteiger partial charge in [0.1, 0.15) is 0 Å². The number of amides is 1. The third kappa shape index (κ3) is 4.64. The number of aromatic nitrogens is 1. The van der Waals surface area contributed by atoms with Crippen LogP contribution in [0.3, 0.4) is 0 Å². The summed E-state index contributed by atoms with van der Waals surface area (Å²) < 4.78 is 0. The summed E-state index contributed by atoms with van der Waals surface area (Å²) in [4.78, 5) is 31.9. The van der Waals surface area contributed by atoms with Crippen LogP contribution in [0.2, 0.25) is 0 Å². The Bertz CT molecular complexity index is 1080. The van der Waals surface area contributed by atoms with Crippen molar-refractivity contribution in [1.29, 1.82) is 0 Å². The smallest absolute Gasteiger partial charge is 0.278 e. The minimum atomic E-state index is -0.374. The van der Waals surface area contributed by atoms with Gasteiger partial charge in [-0.25, -0.2) is 0 Å². The van der Waals surface area contributed by atoms with Gasteiger partial charge in [0, 0.05) is 55.7 Å². The van der Waals surface area contributed by atoms with Gasteiger partial charge in [0.05, 0.1) is 22.9 Å². The summed E-state index contributed by atoms with van der Waals surface area (Å²) in [6.07, 6.45) is 3.20. The Morgan fingerprint density at radius 3 is 2.55 bits per heavy atom. The maximum absolute atomic E-state index is 12.5. The van der Waals surface area contributed by atoms with Gasteiger partial charge in [-0.15, -0.1) is 0 Å². The maximum atomic E-state index is 12.5. The van der Waals surface area contributed by atoms with E-state index in [1.54, 1.807) is 18.5 Å². The number of nitrogens with zero attached hydrogens (tertiary/aromatic N) is 4. The van der Waals surface area contributed by atoms with E-state index < -0.39 is 0 Å². The molecular weight excluding hydrogens is 394 g/mol. The summed E-state index contributed by atoms with van der Waals surface area (Å²) in [6.45, 7) is 5.33. The number of nitro groups is 1. The quantitative estimate of drug-likeness (QED) is 0.488. The third-order valence-electron chi connectivity index (χ3n) is 5.73. The number of hydrogen-bond donors (Lipinski definition) is 1. The highest BCUT2D eigenvalue weighted by Gasteiger charge is 2.23. The molecule has 3 aromatic rings. The van der Waals surface area contributed by atoms with Crippen LogP contribution in [0.1, 0.15) is 18.5 Å². The van der Waals surface area contributed by atoms with E-state index in [2.05, 4.69) is 20.1 Å². The average Bonchev–Trinajstić information content (AvgIpc) is 2.79. The van der Waals surface area contributed by atoms with Crippen LogP contribution in [0.15, 0.2) is 60.9 Å². The van der Waals surface area contributed by atoms with Crippen molar-refractivity contribution in [2.24, 2.45) is 0 Å². The number of rotatable bonds is 6. The summed E-state index contributed by atoms with van der Waals surface area (Å²) >= 11 is 0. The van der Waals surface area contributed by atoms with Crippen LogP contribution in [0.4, 0.5) is 11.4 Å². The lowest BCUT2D eigenvalue weighted by Crippen LogP contribution is -2.49. The van der Waals surface area contributed by atoms with Gasteiger partial charge in [0.25, 0.3) is 5.69 Å². The van der Waals surface area contributed by atoms with Crippen LogP contribution in [0, 0.1) is 10.1 Å². The SMILES string of the molecule is C[C@H](NC(=O)CN1CCN(c2ccc([N+](=O)[O-])c3cnccc23)CC1)c1ccccc1. The van der Waals surface area contributed by atoms with Gasteiger partial charge in [0.15, 0.2) is 0 Å². The van der Waals surface area contributed by atoms with Gasteiger partial charge in [0.2, 0.25) is 5.91 Å². The largest absolute Gasteiger partial charge is 0.368 e. The van der Waals surface area contributed by atoms with Gasteiger partial charge in [-0.2, -0.15) is 0 Å². The Hall–Kier alpha value is -3.52. The first-order valence-electron chi connectivity index (χ1n) is 10.4. The molecule has 1 atom stereocenters. The molecule has 2 aromatic carbocycles. The summed E-state index contributed by atoms with van der Waals surface area (Å²) in [7, 11) is 0. The lowest BCUT2D eigenvalue weighted by Gasteiger charge is -2.36.